The van der Waals surface area contributed by atoms with Crippen LogP contribution in [0.1, 0.15) is 16.7 Å². The fourth-order valence-corrected chi connectivity index (χ4v) is 0.991. The number of rotatable bonds is 1. The van der Waals surface area contributed by atoms with E-state index >= 15 is 0 Å². The van der Waals surface area contributed by atoms with E-state index in [1.165, 1.54) is 0 Å². The van der Waals surface area contributed by atoms with Crippen LogP contribution in [0.25, 0.3) is 0 Å². The molecule has 0 aliphatic carbocycles. The van der Waals surface area contributed by atoms with E-state index in [0.29, 0.717) is 12.0 Å². The highest BCUT2D eigenvalue weighted by atomic mass is 14.2. The lowest BCUT2D eigenvalue weighted by Crippen LogP contribution is -1.86. The Morgan fingerprint density at radius 3 is 2.67 bits per heavy atom. The molecule has 0 spiro atoms. The van der Waals surface area contributed by atoms with E-state index in [-0.39, 0.29) is 0 Å². The molecular formula is C10H8N2. The van der Waals surface area contributed by atoms with E-state index < -0.39 is 0 Å². The van der Waals surface area contributed by atoms with Gasteiger partial charge in [-0.1, -0.05) is 12.1 Å². The van der Waals surface area contributed by atoms with E-state index in [2.05, 4.69) is 6.07 Å². The van der Waals surface area contributed by atoms with Crippen molar-refractivity contribution in [1.29, 1.82) is 10.5 Å². The predicted molar refractivity (Wildman–Crippen MR) is 45.2 cm³/mol. The van der Waals surface area contributed by atoms with Crippen LogP contribution in [0, 0.1) is 29.6 Å². The topological polar surface area (TPSA) is 47.6 Å². The summed E-state index contributed by atoms with van der Waals surface area (Å²) in [6.07, 6.45) is 0.370. The third kappa shape index (κ3) is 1.62. The predicted octanol–water partition coefficient (Wildman–Crippen LogP) is 1.93. The van der Waals surface area contributed by atoms with Crippen LogP contribution in [-0.4, -0.2) is 0 Å². The Labute approximate surface area is 71.7 Å². The summed E-state index contributed by atoms with van der Waals surface area (Å²) in [5, 5.41) is 17.1. The van der Waals surface area contributed by atoms with Gasteiger partial charge in [-0.15, -0.1) is 0 Å². The van der Waals surface area contributed by atoms with Crippen LogP contribution in [0.2, 0.25) is 0 Å². The second kappa shape index (κ2) is 3.55. The number of hydrogen-bond donors (Lipinski definition) is 0. The van der Waals surface area contributed by atoms with Crippen LogP contribution in [0.5, 0.6) is 0 Å². The van der Waals surface area contributed by atoms with Crippen molar-refractivity contribution in [3.63, 3.8) is 0 Å². The molecule has 58 valence electrons. The Balaban J connectivity index is 3.09. The van der Waals surface area contributed by atoms with Gasteiger partial charge < -0.3 is 0 Å². The molecule has 0 aromatic heterocycles. The first kappa shape index (κ1) is 8.30. The molecule has 0 fully saturated rings. The molecular weight excluding hydrogens is 148 g/mol. The fourth-order valence-electron chi connectivity index (χ4n) is 0.991. The molecule has 12 heavy (non-hydrogen) atoms. The number of benzene rings is 1. The zero-order valence-electron chi connectivity index (χ0n) is 6.83. The highest BCUT2D eigenvalue weighted by molar-refractivity contribution is 5.40. The average Bonchev–Trinajstić information content (AvgIpc) is 2.09. The summed E-state index contributed by atoms with van der Waals surface area (Å²) >= 11 is 0. The third-order valence-corrected chi connectivity index (χ3v) is 1.71. The summed E-state index contributed by atoms with van der Waals surface area (Å²) in [4.78, 5) is 0. The molecule has 0 heterocycles. The van der Waals surface area contributed by atoms with Crippen molar-refractivity contribution >= 4 is 0 Å². The SMILES string of the molecule is Cc1ccc(CC#N)cc1C#N. The van der Waals surface area contributed by atoms with Gasteiger partial charge in [0.05, 0.1) is 24.1 Å². The number of nitriles is 2. The second-order valence-electron chi connectivity index (χ2n) is 2.60. The Kier molecular flexibility index (Phi) is 2.46. The van der Waals surface area contributed by atoms with E-state index in [1.54, 1.807) is 6.07 Å². The molecule has 2 nitrogen and oxygen atoms in total. The first-order valence-corrected chi connectivity index (χ1v) is 3.64. The molecule has 0 bridgehead atoms. The van der Waals surface area contributed by atoms with Gasteiger partial charge in [0.2, 0.25) is 0 Å². The lowest BCUT2D eigenvalue weighted by Gasteiger charge is -1.98. The van der Waals surface area contributed by atoms with Gasteiger partial charge >= 0.3 is 0 Å². The van der Waals surface area contributed by atoms with Crippen molar-refractivity contribution in [2.45, 2.75) is 13.3 Å². The lowest BCUT2D eigenvalue weighted by atomic mass is 10.0. The largest absolute Gasteiger partial charge is 0.198 e. The number of nitrogens with zero attached hydrogens (tertiary/aromatic N) is 2. The molecule has 1 rings (SSSR count). The smallest absolute Gasteiger partial charge is 0.0994 e. The summed E-state index contributed by atoms with van der Waals surface area (Å²) in [5.41, 5.74) is 2.52. The first-order valence-electron chi connectivity index (χ1n) is 3.64. The van der Waals surface area contributed by atoms with E-state index in [1.807, 2.05) is 25.1 Å². The zero-order valence-corrected chi connectivity index (χ0v) is 6.83. The highest BCUT2D eigenvalue weighted by Gasteiger charge is 1.98. The molecule has 0 saturated carbocycles. The summed E-state index contributed by atoms with van der Waals surface area (Å²) in [7, 11) is 0. The molecule has 0 radical (unpaired) electrons. The van der Waals surface area contributed by atoms with Crippen LogP contribution >= 0.6 is 0 Å². The van der Waals surface area contributed by atoms with Gasteiger partial charge in [-0.2, -0.15) is 10.5 Å². The highest BCUT2D eigenvalue weighted by Crippen LogP contribution is 2.09. The molecule has 0 amide bonds. The monoisotopic (exact) mass is 156 g/mol. The fraction of sp³-hybridized carbons (Fsp3) is 0.200. The van der Waals surface area contributed by atoms with Gasteiger partial charge in [-0.05, 0) is 24.1 Å². The molecule has 1 aromatic rings. The van der Waals surface area contributed by atoms with Crippen molar-refractivity contribution in [2.24, 2.45) is 0 Å². The van der Waals surface area contributed by atoms with Crippen molar-refractivity contribution in [1.82, 2.24) is 0 Å². The Morgan fingerprint density at radius 2 is 2.08 bits per heavy atom. The van der Waals surface area contributed by atoms with Crippen molar-refractivity contribution in [3.8, 4) is 12.1 Å². The van der Waals surface area contributed by atoms with Crippen LogP contribution in [0.4, 0.5) is 0 Å². The summed E-state index contributed by atoms with van der Waals surface area (Å²) in [6.45, 7) is 1.88. The van der Waals surface area contributed by atoms with Gasteiger partial charge in [-0.3, -0.25) is 0 Å². The third-order valence-electron chi connectivity index (χ3n) is 1.71. The van der Waals surface area contributed by atoms with E-state index in [9.17, 15) is 0 Å². The van der Waals surface area contributed by atoms with Crippen LogP contribution in [-0.2, 0) is 6.42 Å². The first-order chi connectivity index (χ1) is 5.77. The van der Waals surface area contributed by atoms with Crippen LogP contribution in [0.15, 0.2) is 18.2 Å². The van der Waals surface area contributed by atoms with Gasteiger partial charge in [-0.25, -0.2) is 0 Å². The van der Waals surface area contributed by atoms with Gasteiger partial charge in [0.1, 0.15) is 0 Å². The molecule has 0 N–H and O–H groups in total. The number of aryl methyl sites for hydroxylation is 1. The standard InChI is InChI=1S/C10H8N2/c1-8-2-3-9(4-5-11)6-10(8)7-12/h2-3,6H,4H2,1H3. The van der Waals surface area contributed by atoms with Crippen LogP contribution < -0.4 is 0 Å². The Morgan fingerprint density at radius 1 is 1.33 bits per heavy atom. The van der Waals surface area contributed by atoms with Gasteiger partial charge in [0.25, 0.3) is 0 Å². The van der Waals surface area contributed by atoms with E-state index in [4.69, 9.17) is 10.5 Å². The zero-order chi connectivity index (χ0) is 8.97. The summed E-state index contributed by atoms with van der Waals surface area (Å²) in [5.74, 6) is 0. The quantitative estimate of drug-likeness (QED) is 0.623. The normalized spacial score (nSPS) is 8.58. The average molecular weight is 156 g/mol. The lowest BCUT2D eigenvalue weighted by molar-refractivity contribution is 1.24. The van der Waals surface area contributed by atoms with E-state index in [0.717, 1.165) is 11.1 Å². The Hall–Kier alpha value is -1.80. The Bertz CT molecular complexity index is 366. The maximum Gasteiger partial charge on any atom is 0.0994 e. The van der Waals surface area contributed by atoms with Crippen molar-refractivity contribution in [3.05, 3.63) is 34.9 Å². The van der Waals surface area contributed by atoms with Gasteiger partial charge in [0.15, 0.2) is 0 Å². The number of hydrogen-bond acceptors (Lipinski definition) is 2. The maximum absolute atomic E-state index is 8.68. The van der Waals surface area contributed by atoms with Crippen molar-refractivity contribution in [2.75, 3.05) is 0 Å². The molecule has 1 aromatic carbocycles. The van der Waals surface area contributed by atoms with Crippen molar-refractivity contribution < 1.29 is 0 Å². The van der Waals surface area contributed by atoms with Crippen LogP contribution in [0.3, 0.4) is 0 Å². The molecule has 0 aliphatic heterocycles. The molecule has 0 aliphatic rings. The molecule has 0 unspecified atom stereocenters. The summed E-state index contributed by atoms with van der Waals surface area (Å²) in [6, 6.07) is 9.63. The minimum atomic E-state index is 0.370. The molecule has 0 atom stereocenters. The maximum atomic E-state index is 8.68. The minimum absolute atomic E-state index is 0.370. The molecule has 2 heteroatoms. The van der Waals surface area contributed by atoms with Gasteiger partial charge in [0, 0.05) is 0 Å². The summed E-state index contributed by atoms with van der Waals surface area (Å²) < 4.78 is 0. The minimum Gasteiger partial charge on any atom is -0.198 e. The molecule has 0 saturated heterocycles. The second-order valence-corrected chi connectivity index (χ2v) is 2.60.